The van der Waals surface area contributed by atoms with E-state index >= 15 is 0 Å². The molecular weight excluding hydrogens is 288 g/mol. The van der Waals surface area contributed by atoms with E-state index < -0.39 is 10.0 Å². The maximum absolute atomic E-state index is 11.7. The molecule has 0 radical (unpaired) electrons. The van der Waals surface area contributed by atoms with Crippen LogP contribution in [0.1, 0.15) is 19.8 Å². The van der Waals surface area contributed by atoms with E-state index in [0.717, 1.165) is 0 Å². The lowest BCUT2D eigenvalue weighted by atomic mass is 10.3. The molecular formula is C12H17ClN2O3S. The van der Waals surface area contributed by atoms with Crippen LogP contribution in [-0.2, 0) is 14.8 Å². The average Bonchev–Trinajstić information content (AvgIpc) is 2.31. The minimum atomic E-state index is -3.34. The molecule has 1 aromatic carbocycles. The summed E-state index contributed by atoms with van der Waals surface area (Å²) in [6.45, 7) is 1.41. The number of unbranched alkanes of at least 4 members (excludes halogenated alkanes) is 1. The number of carbonyl (C=O) groups excluding carboxylic acids is 1. The van der Waals surface area contributed by atoms with Gasteiger partial charge in [0.25, 0.3) is 0 Å². The second-order valence-corrected chi connectivity index (χ2v) is 6.30. The van der Waals surface area contributed by atoms with E-state index in [1.807, 2.05) is 0 Å². The Morgan fingerprint density at radius 2 is 1.74 bits per heavy atom. The van der Waals surface area contributed by atoms with Crippen LogP contribution in [0.15, 0.2) is 24.3 Å². The van der Waals surface area contributed by atoms with Crippen molar-refractivity contribution in [3.05, 3.63) is 24.3 Å². The van der Waals surface area contributed by atoms with Crippen LogP contribution in [0.25, 0.3) is 0 Å². The molecule has 0 aliphatic carbocycles. The summed E-state index contributed by atoms with van der Waals surface area (Å²) in [5.74, 6) is 0.336. The van der Waals surface area contributed by atoms with Crippen molar-refractivity contribution in [3.63, 3.8) is 0 Å². The molecule has 0 aliphatic heterocycles. The standard InChI is InChI=1S/C12H17ClN2O3S/c1-10(16)14-11-4-6-12(7-5-11)15-19(17,18)9-3-2-8-13/h4-7,15H,2-3,8-9H2,1H3,(H,14,16). The van der Waals surface area contributed by atoms with Crippen molar-refractivity contribution in [1.29, 1.82) is 0 Å². The van der Waals surface area contributed by atoms with Gasteiger partial charge in [-0.1, -0.05) is 0 Å². The van der Waals surface area contributed by atoms with Crippen molar-refractivity contribution in [2.75, 3.05) is 21.7 Å². The molecule has 2 N–H and O–H groups in total. The van der Waals surface area contributed by atoms with Gasteiger partial charge in [0, 0.05) is 24.2 Å². The maximum Gasteiger partial charge on any atom is 0.232 e. The van der Waals surface area contributed by atoms with E-state index in [-0.39, 0.29) is 11.7 Å². The molecule has 0 saturated heterocycles. The molecule has 1 amide bonds. The first-order valence-corrected chi connectivity index (χ1v) is 8.06. The van der Waals surface area contributed by atoms with Gasteiger partial charge in [-0.05, 0) is 37.1 Å². The number of carbonyl (C=O) groups is 1. The summed E-state index contributed by atoms with van der Waals surface area (Å²) in [7, 11) is -3.34. The Kier molecular flexibility index (Phi) is 6.11. The molecule has 0 heterocycles. The summed E-state index contributed by atoms with van der Waals surface area (Å²) in [5, 5.41) is 2.61. The van der Waals surface area contributed by atoms with Gasteiger partial charge in [-0.3, -0.25) is 9.52 Å². The molecule has 0 aliphatic rings. The monoisotopic (exact) mass is 304 g/mol. The van der Waals surface area contributed by atoms with Crippen molar-refractivity contribution in [3.8, 4) is 0 Å². The van der Waals surface area contributed by atoms with Crippen LogP contribution in [0.3, 0.4) is 0 Å². The highest BCUT2D eigenvalue weighted by molar-refractivity contribution is 7.92. The molecule has 0 unspecified atom stereocenters. The summed E-state index contributed by atoms with van der Waals surface area (Å²) in [5.41, 5.74) is 1.09. The Bertz CT molecular complexity index is 514. The van der Waals surface area contributed by atoms with Crippen LogP contribution in [0.5, 0.6) is 0 Å². The number of rotatable bonds is 7. The second kappa shape index (κ2) is 7.35. The number of hydrogen-bond acceptors (Lipinski definition) is 3. The van der Waals surface area contributed by atoms with Crippen LogP contribution in [0.2, 0.25) is 0 Å². The summed E-state index contributed by atoms with van der Waals surface area (Å²) < 4.78 is 25.9. The Morgan fingerprint density at radius 3 is 2.26 bits per heavy atom. The van der Waals surface area contributed by atoms with Crippen molar-refractivity contribution in [2.45, 2.75) is 19.8 Å². The predicted octanol–water partition coefficient (Wildman–Crippen LogP) is 2.41. The van der Waals surface area contributed by atoms with Crippen molar-refractivity contribution >= 4 is 38.9 Å². The van der Waals surface area contributed by atoms with Crippen LogP contribution in [-0.4, -0.2) is 26.0 Å². The Labute approximate surface area is 118 Å². The minimum absolute atomic E-state index is 0.0488. The quantitative estimate of drug-likeness (QED) is 0.600. The number of halogens is 1. The van der Waals surface area contributed by atoms with Gasteiger partial charge in [0.15, 0.2) is 0 Å². The Balaban J connectivity index is 2.59. The molecule has 106 valence electrons. The third-order valence-corrected chi connectivity index (χ3v) is 3.92. The zero-order valence-corrected chi connectivity index (χ0v) is 12.2. The molecule has 0 fully saturated rings. The molecule has 1 rings (SSSR count). The second-order valence-electron chi connectivity index (χ2n) is 4.08. The average molecular weight is 305 g/mol. The minimum Gasteiger partial charge on any atom is -0.326 e. The highest BCUT2D eigenvalue weighted by Crippen LogP contribution is 2.15. The lowest BCUT2D eigenvalue weighted by Crippen LogP contribution is -2.16. The summed E-state index contributed by atoms with van der Waals surface area (Å²) in [6.07, 6.45) is 1.20. The number of alkyl halides is 1. The number of anilines is 2. The normalized spacial score (nSPS) is 11.1. The fourth-order valence-corrected chi connectivity index (χ4v) is 2.81. The highest BCUT2D eigenvalue weighted by atomic mass is 35.5. The van der Waals surface area contributed by atoms with E-state index in [2.05, 4.69) is 10.0 Å². The van der Waals surface area contributed by atoms with Gasteiger partial charge in [0.2, 0.25) is 15.9 Å². The first-order chi connectivity index (χ1) is 8.93. The molecule has 0 aromatic heterocycles. The number of benzene rings is 1. The van der Waals surface area contributed by atoms with E-state index in [4.69, 9.17) is 11.6 Å². The zero-order chi connectivity index (χ0) is 14.3. The highest BCUT2D eigenvalue weighted by Gasteiger charge is 2.09. The van der Waals surface area contributed by atoms with E-state index in [0.29, 0.717) is 30.1 Å². The Hall–Kier alpha value is -1.27. The molecule has 0 spiro atoms. The molecule has 19 heavy (non-hydrogen) atoms. The molecule has 0 saturated carbocycles. The molecule has 0 bridgehead atoms. The topological polar surface area (TPSA) is 75.3 Å². The molecule has 0 atom stereocenters. The van der Waals surface area contributed by atoms with Gasteiger partial charge in [0.05, 0.1) is 5.75 Å². The van der Waals surface area contributed by atoms with Crippen LogP contribution in [0, 0.1) is 0 Å². The first-order valence-electron chi connectivity index (χ1n) is 5.87. The lowest BCUT2D eigenvalue weighted by Gasteiger charge is -2.08. The molecule has 5 nitrogen and oxygen atoms in total. The van der Waals surface area contributed by atoms with E-state index in [1.54, 1.807) is 24.3 Å². The zero-order valence-electron chi connectivity index (χ0n) is 10.6. The van der Waals surface area contributed by atoms with Gasteiger partial charge in [-0.25, -0.2) is 8.42 Å². The molecule has 7 heteroatoms. The summed E-state index contributed by atoms with van der Waals surface area (Å²) >= 11 is 5.50. The van der Waals surface area contributed by atoms with Crippen LogP contribution in [0.4, 0.5) is 11.4 Å². The van der Waals surface area contributed by atoms with Crippen molar-refractivity contribution < 1.29 is 13.2 Å². The number of hydrogen-bond donors (Lipinski definition) is 2. The fraction of sp³-hybridized carbons (Fsp3) is 0.417. The number of nitrogens with one attached hydrogen (secondary N) is 2. The smallest absolute Gasteiger partial charge is 0.232 e. The lowest BCUT2D eigenvalue weighted by molar-refractivity contribution is -0.114. The van der Waals surface area contributed by atoms with E-state index in [9.17, 15) is 13.2 Å². The largest absolute Gasteiger partial charge is 0.326 e. The van der Waals surface area contributed by atoms with Crippen molar-refractivity contribution in [1.82, 2.24) is 0 Å². The van der Waals surface area contributed by atoms with Crippen LogP contribution < -0.4 is 10.0 Å². The van der Waals surface area contributed by atoms with Gasteiger partial charge < -0.3 is 5.32 Å². The van der Waals surface area contributed by atoms with E-state index in [1.165, 1.54) is 6.92 Å². The Morgan fingerprint density at radius 1 is 1.16 bits per heavy atom. The maximum atomic E-state index is 11.7. The fourth-order valence-electron chi connectivity index (χ4n) is 1.44. The third kappa shape index (κ3) is 6.45. The predicted molar refractivity (Wildman–Crippen MR) is 78.1 cm³/mol. The number of amides is 1. The van der Waals surface area contributed by atoms with Gasteiger partial charge in [0.1, 0.15) is 0 Å². The first kappa shape index (κ1) is 15.8. The SMILES string of the molecule is CC(=O)Nc1ccc(NS(=O)(=O)CCCCCl)cc1. The third-order valence-electron chi connectivity index (χ3n) is 2.28. The van der Waals surface area contributed by atoms with Crippen molar-refractivity contribution in [2.24, 2.45) is 0 Å². The number of sulfonamides is 1. The molecule has 1 aromatic rings. The summed E-state index contributed by atoms with van der Waals surface area (Å²) in [4.78, 5) is 10.8. The van der Waals surface area contributed by atoms with Gasteiger partial charge in [-0.2, -0.15) is 0 Å². The summed E-state index contributed by atoms with van der Waals surface area (Å²) in [6, 6.07) is 6.48. The van der Waals surface area contributed by atoms with Gasteiger partial charge >= 0.3 is 0 Å². The van der Waals surface area contributed by atoms with Gasteiger partial charge in [-0.15, -0.1) is 11.6 Å². The van der Waals surface area contributed by atoms with Crippen LogP contribution >= 0.6 is 11.6 Å².